The topological polar surface area (TPSA) is 52.6 Å². The molecule has 20 heavy (non-hydrogen) atoms. The van der Waals surface area contributed by atoms with Gasteiger partial charge in [0.25, 0.3) is 5.91 Å². The fraction of sp³-hybridized carbons (Fsp3) is 0.533. The van der Waals surface area contributed by atoms with Crippen molar-refractivity contribution < 1.29 is 9.90 Å². The van der Waals surface area contributed by atoms with Crippen LogP contribution in [0.4, 0.5) is 5.69 Å². The number of anilines is 1. The highest BCUT2D eigenvalue weighted by molar-refractivity contribution is 9.10. The Hall–Kier alpha value is -0.910. The summed E-state index contributed by atoms with van der Waals surface area (Å²) < 4.78 is 0.821. The molecule has 0 radical (unpaired) electrons. The van der Waals surface area contributed by atoms with E-state index in [-0.39, 0.29) is 11.9 Å². The standard InChI is InChI=1S/C15H19BrN2O2/c1-9-7-11-13(12(16)8-9)17-14(19)15(11,20)18-6-4-3-5-10(18)2/h7-8,10,20H,3-6H2,1-2H3,(H,17,19)/t10-,15-/m0/s1. The zero-order valence-electron chi connectivity index (χ0n) is 11.7. The largest absolute Gasteiger partial charge is 0.364 e. The number of hydrogen-bond acceptors (Lipinski definition) is 3. The first-order valence-electron chi connectivity index (χ1n) is 7.06. The van der Waals surface area contributed by atoms with Crippen LogP contribution in [0.2, 0.25) is 0 Å². The van der Waals surface area contributed by atoms with E-state index in [9.17, 15) is 9.90 Å². The molecule has 0 saturated carbocycles. The second-order valence-electron chi connectivity index (χ2n) is 5.83. The normalized spacial score (nSPS) is 30.2. The van der Waals surface area contributed by atoms with Gasteiger partial charge < -0.3 is 10.4 Å². The SMILES string of the molecule is Cc1cc(Br)c2c(c1)[C@@](O)(N1CCCC[C@@H]1C)C(=O)N2. The van der Waals surface area contributed by atoms with Gasteiger partial charge in [-0.05, 0) is 60.3 Å². The molecule has 2 N–H and O–H groups in total. The molecular weight excluding hydrogens is 320 g/mol. The number of benzene rings is 1. The van der Waals surface area contributed by atoms with Gasteiger partial charge in [0.2, 0.25) is 5.72 Å². The average molecular weight is 339 g/mol. The average Bonchev–Trinajstić information content (AvgIpc) is 2.65. The van der Waals surface area contributed by atoms with Crippen LogP contribution in [0, 0.1) is 6.92 Å². The Kier molecular flexibility index (Phi) is 3.39. The fourth-order valence-electron chi connectivity index (χ4n) is 3.33. The number of aliphatic hydroxyl groups is 1. The monoisotopic (exact) mass is 338 g/mol. The quantitative estimate of drug-likeness (QED) is 0.827. The summed E-state index contributed by atoms with van der Waals surface area (Å²) in [4.78, 5) is 14.4. The van der Waals surface area contributed by atoms with E-state index in [0.29, 0.717) is 11.3 Å². The third-order valence-electron chi connectivity index (χ3n) is 4.38. The van der Waals surface area contributed by atoms with E-state index in [4.69, 9.17) is 0 Å². The van der Waals surface area contributed by atoms with Crippen LogP contribution in [0.25, 0.3) is 0 Å². The Morgan fingerprint density at radius 3 is 2.90 bits per heavy atom. The number of rotatable bonds is 1. The summed E-state index contributed by atoms with van der Waals surface area (Å²) in [6.07, 6.45) is 3.18. The van der Waals surface area contributed by atoms with Crippen molar-refractivity contribution in [3.63, 3.8) is 0 Å². The minimum Gasteiger partial charge on any atom is -0.364 e. The van der Waals surface area contributed by atoms with Crippen molar-refractivity contribution in [1.29, 1.82) is 0 Å². The number of nitrogens with one attached hydrogen (secondary N) is 1. The van der Waals surface area contributed by atoms with Crippen LogP contribution in [0.3, 0.4) is 0 Å². The van der Waals surface area contributed by atoms with Crippen molar-refractivity contribution in [2.24, 2.45) is 0 Å². The summed E-state index contributed by atoms with van der Waals surface area (Å²) in [5.74, 6) is -0.340. The molecule has 1 amide bonds. The lowest BCUT2D eigenvalue weighted by Gasteiger charge is -2.42. The van der Waals surface area contributed by atoms with E-state index < -0.39 is 5.72 Å². The van der Waals surface area contributed by atoms with Gasteiger partial charge in [0.1, 0.15) is 0 Å². The lowest BCUT2D eigenvalue weighted by Crippen LogP contribution is -2.56. The first-order valence-corrected chi connectivity index (χ1v) is 7.85. The second-order valence-corrected chi connectivity index (χ2v) is 6.69. The van der Waals surface area contributed by atoms with Gasteiger partial charge in [-0.25, -0.2) is 0 Å². The van der Waals surface area contributed by atoms with Gasteiger partial charge in [-0.2, -0.15) is 0 Å². The van der Waals surface area contributed by atoms with Crippen molar-refractivity contribution in [2.75, 3.05) is 11.9 Å². The predicted molar refractivity (Wildman–Crippen MR) is 81.4 cm³/mol. The molecule has 2 heterocycles. The summed E-state index contributed by atoms with van der Waals surface area (Å²) in [5.41, 5.74) is 0.850. The molecule has 1 fully saturated rings. The highest BCUT2D eigenvalue weighted by atomic mass is 79.9. The molecule has 0 unspecified atom stereocenters. The number of hydrogen-bond donors (Lipinski definition) is 2. The maximum atomic E-state index is 12.4. The molecule has 0 aliphatic carbocycles. The lowest BCUT2D eigenvalue weighted by atomic mass is 9.94. The van der Waals surface area contributed by atoms with E-state index in [0.717, 1.165) is 35.8 Å². The fourth-order valence-corrected chi connectivity index (χ4v) is 4.00. The zero-order chi connectivity index (χ0) is 14.5. The summed E-state index contributed by atoms with van der Waals surface area (Å²) >= 11 is 3.47. The lowest BCUT2D eigenvalue weighted by molar-refractivity contribution is -0.168. The number of carbonyl (C=O) groups is 1. The molecule has 0 aromatic heterocycles. The smallest absolute Gasteiger partial charge is 0.277 e. The van der Waals surface area contributed by atoms with Crippen LogP contribution in [0.15, 0.2) is 16.6 Å². The van der Waals surface area contributed by atoms with Crippen LogP contribution >= 0.6 is 15.9 Å². The molecule has 108 valence electrons. The molecule has 1 saturated heterocycles. The van der Waals surface area contributed by atoms with E-state index in [1.54, 1.807) is 0 Å². The molecule has 0 bridgehead atoms. The zero-order valence-corrected chi connectivity index (χ0v) is 13.3. The Morgan fingerprint density at radius 1 is 1.45 bits per heavy atom. The van der Waals surface area contributed by atoms with E-state index in [1.807, 2.05) is 24.0 Å². The van der Waals surface area contributed by atoms with E-state index in [1.165, 1.54) is 0 Å². The Morgan fingerprint density at radius 2 is 2.20 bits per heavy atom. The molecular formula is C15H19BrN2O2. The predicted octanol–water partition coefficient (Wildman–Crippen LogP) is 2.73. The van der Waals surface area contributed by atoms with Gasteiger partial charge in [-0.3, -0.25) is 9.69 Å². The van der Waals surface area contributed by atoms with Gasteiger partial charge in [-0.1, -0.05) is 6.42 Å². The molecule has 0 spiro atoms. The van der Waals surface area contributed by atoms with Gasteiger partial charge in [-0.15, -0.1) is 0 Å². The molecule has 5 heteroatoms. The molecule has 4 nitrogen and oxygen atoms in total. The highest BCUT2D eigenvalue weighted by Crippen LogP contribution is 2.44. The Balaban J connectivity index is 2.12. The van der Waals surface area contributed by atoms with Crippen LogP contribution in [-0.4, -0.2) is 28.5 Å². The third kappa shape index (κ3) is 1.91. The van der Waals surface area contributed by atoms with Crippen LogP contribution in [0.5, 0.6) is 0 Å². The van der Waals surface area contributed by atoms with Crippen LogP contribution in [0.1, 0.15) is 37.3 Å². The third-order valence-corrected chi connectivity index (χ3v) is 5.01. The number of nitrogens with zero attached hydrogens (tertiary/aromatic N) is 1. The maximum Gasteiger partial charge on any atom is 0.277 e. The van der Waals surface area contributed by atoms with Gasteiger partial charge >= 0.3 is 0 Å². The number of aryl methyl sites for hydroxylation is 1. The molecule has 2 aliphatic rings. The first-order chi connectivity index (χ1) is 9.44. The number of halogens is 1. The second kappa shape index (κ2) is 4.83. The van der Waals surface area contributed by atoms with E-state index in [2.05, 4.69) is 28.2 Å². The van der Waals surface area contributed by atoms with Crippen molar-refractivity contribution in [3.05, 3.63) is 27.7 Å². The molecule has 1 aromatic rings. The summed E-state index contributed by atoms with van der Waals surface area (Å²) in [5, 5.41) is 14.0. The van der Waals surface area contributed by atoms with Crippen molar-refractivity contribution in [1.82, 2.24) is 4.90 Å². The molecule has 2 aliphatic heterocycles. The summed E-state index contributed by atoms with van der Waals surface area (Å²) in [6, 6.07) is 4.05. The van der Waals surface area contributed by atoms with Crippen molar-refractivity contribution in [2.45, 2.75) is 44.9 Å². The Labute approximate surface area is 127 Å². The number of fused-ring (bicyclic) bond motifs is 1. The Bertz CT molecular complexity index is 575. The van der Waals surface area contributed by atoms with E-state index >= 15 is 0 Å². The number of amides is 1. The number of carbonyl (C=O) groups excluding carboxylic acids is 1. The molecule has 3 rings (SSSR count). The van der Waals surface area contributed by atoms with Crippen LogP contribution < -0.4 is 5.32 Å². The highest BCUT2D eigenvalue weighted by Gasteiger charge is 2.52. The number of likely N-dealkylation sites (tertiary alicyclic amines) is 1. The molecule has 1 aromatic carbocycles. The minimum absolute atomic E-state index is 0.199. The van der Waals surface area contributed by atoms with Gasteiger partial charge in [0, 0.05) is 22.6 Å². The van der Waals surface area contributed by atoms with Crippen LogP contribution in [-0.2, 0) is 10.5 Å². The van der Waals surface area contributed by atoms with Crippen molar-refractivity contribution in [3.8, 4) is 0 Å². The van der Waals surface area contributed by atoms with Gasteiger partial charge in [0.05, 0.1) is 5.69 Å². The molecule has 2 atom stereocenters. The van der Waals surface area contributed by atoms with Crippen molar-refractivity contribution >= 4 is 27.5 Å². The minimum atomic E-state index is -1.54. The first kappa shape index (κ1) is 14.0. The summed E-state index contributed by atoms with van der Waals surface area (Å²) in [7, 11) is 0. The number of piperidine rings is 1. The summed E-state index contributed by atoms with van der Waals surface area (Å²) in [6.45, 7) is 4.79. The maximum absolute atomic E-state index is 12.4. The van der Waals surface area contributed by atoms with Gasteiger partial charge in [0.15, 0.2) is 0 Å².